The number of aliphatic hydroxyl groups excluding tert-OH is 1. The standard InChI is InChI=1S/C18H25N3O2/c1-18(2,3)10-15-7-8-16(21(15)12-19)17(23)20-14-6-4-5-13(9-14)11-22/h4-6,9,15-16,22H,7-8,10-11H2,1-3H3,(H,20,23). The summed E-state index contributed by atoms with van der Waals surface area (Å²) in [5, 5.41) is 21.5. The average molecular weight is 315 g/mol. The minimum atomic E-state index is -0.412. The number of rotatable bonds is 4. The number of aliphatic hydroxyl groups is 1. The van der Waals surface area contributed by atoms with Crippen LogP contribution in [0.5, 0.6) is 0 Å². The fourth-order valence-electron chi connectivity index (χ4n) is 3.17. The number of hydrogen-bond donors (Lipinski definition) is 2. The van der Waals surface area contributed by atoms with Crippen LogP contribution < -0.4 is 5.32 Å². The summed E-state index contributed by atoms with van der Waals surface area (Å²) in [7, 11) is 0. The van der Waals surface area contributed by atoms with Crippen molar-refractivity contribution in [3.05, 3.63) is 29.8 Å². The predicted octanol–water partition coefficient (Wildman–Crippen LogP) is 2.87. The molecule has 0 spiro atoms. The molecule has 5 heteroatoms. The molecule has 2 atom stereocenters. The van der Waals surface area contributed by atoms with Gasteiger partial charge in [0.15, 0.2) is 6.19 Å². The normalized spacial score (nSPS) is 21.1. The Bertz CT molecular complexity index is 601. The Labute approximate surface area is 137 Å². The Hall–Kier alpha value is -2.06. The summed E-state index contributed by atoms with van der Waals surface area (Å²) in [4.78, 5) is 14.2. The van der Waals surface area contributed by atoms with Gasteiger partial charge in [0, 0.05) is 11.7 Å². The summed E-state index contributed by atoms with van der Waals surface area (Å²) >= 11 is 0. The summed E-state index contributed by atoms with van der Waals surface area (Å²) < 4.78 is 0. The summed E-state index contributed by atoms with van der Waals surface area (Å²) in [6.45, 7) is 6.38. The van der Waals surface area contributed by atoms with Gasteiger partial charge in [-0.25, -0.2) is 0 Å². The highest BCUT2D eigenvalue weighted by atomic mass is 16.3. The van der Waals surface area contributed by atoms with Gasteiger partial charge < -0.3 is 10.4 Å². The summed E-state index contributed by atoms with van der Waals surface area (Å²) in [6.07, 6.45) is 4.66. The van der Waals surface area contributed by atoms with Crippen molar-refractivity contribution < 1.29 is 9.90 Å². The lowest BCUT2D eigenvalue weighted by atomic mass is 9.87. The van der Waals surface area contributed by atoms with Crippen molar-refractivity contribution in [1.29, 1.82) is 5.26 Å². The first-order chi connectivity index (χ1) is 10.8. The number of carbonyl (C=O) groups is 1. The van der Waals surface area contributed by atoms with Gasteiger partial charge in [-0.15, -0.1) is 0 Å². The second kappa shape index (κ2) is 7.01. The minimum absolute atomic E-state index is 0.0644. The van der Waals surface area contributed by atoms with E-state index >= 15 is 0 Å². The largest absolute Gasteiger partial charge is 0.392 e. The second-order valence-corrected chi connectivity index (χ2v) is 7.37. The lowest BCUT2D eigenvalue weighted by Crippen LogP contribution is -2.41. The zero-order valence-electron chi connectivity index (χ0n) is 14.0. The predicted molar refractivity (Wildman–Crippen MR) is 89.3 cm³/mol. The molecule has 23 heavy (non-hydrogen) atoms. The second-order valence-electron chi connectivity index (χ2n) is 7.37. The first kappa shape index (κ1) is 17.3. The van der Waals surface area contributed by atoms with Crippen LogP contribution in [0, 0.1) is 16.9 Å². The molecule has 1 saturated heterocycles. The van der Waals surface area contributed by atoms with Gasteiger partial charge >= 0.3 is 0 Å². The number of nitrogens with zero attached hydrogens (tertiary/aromatic N) is 2. The van der Waals surface area contributed by atoms with Crippen LogP contribution in [0.25, 0.3) is 0 Å². The topological polar surface area (TPSA) is 76.4 Å². The molecule has 0 bridgehead atoms. The SMILES string of the molecule is CC(C)(C)CC1CCC(C(=O)Nc2cccc(CO)c2)N1C#N. The maximum Gasteiger partial charge on any atom is 0.247 e. The van der Waals surface area contributed by atoms with E-state index < -0.39 is 6.04 Å². The number of nitriles is 1. The van der Waals surface area contributed by atoms with E-state index in [0.717, 1.165) is 18.4 Å². The molecule has 1 amide bonds. The van der Waals surface area contributed by atoms with Crippen molar-refractivity contribution >= 4 is 11.6 Å². The van der Waals surface area contributed by atoms with Gasteiger partial charge in [0.25, 0.3) is 0 Å². The Morgan fingerprint density at radius 3 is 2.78 bits per heavy atom. The molecule has 1 heterocycles. The van der Waals surface area contributed by atoms with E-state index in [4.69, 9.17) is 5.11 Å². The van der Waals surface area contributed by atoms with Crippen LogP contribution in [0.15, 0.2) is 24.3 Å². The highest BCUT2D eigenvalue weighted by molar-refractivity contribution is 5.95. The third-order valence-electron chi connectivity index (χ3n) is 4.15. The fraction of sp³-hybridized carbons (Fsp3) is 0.556. The van der Waals surface area contributed by atoms with Crippen molar-refractivity contribution in [2.75, 3.05) is 5.32 Å². The van der Waals surface area contributed by atoms with E-state index in [9.17, 15) is 10.1 Å². The van der Waals surface area contributed by atoms with Crippen molar-refractivity contribution in [2.45, 2.75) is 58.7 Å². The number of nitrogens with one attached hydrogen (secondary N) is 1. The van der Waals surface area contributed by atoms with E-state index in [1.54, 1.807) is 29.2 Å². The molecule has 0 aliphatic carbocycles. The molecule has 1 aromatic carbocycles. The zero-order valence-corrected chi connectivity index (χ0v) is 14.0. The zero-order chi connectivity index (χ0) is 17.0. The number of hydrogen-bond acceptors (Lipinski definition) is 4. The Balaban J connectivity index is 2.06. The van der Waals surface area contributed by atoms with Gasteiger partial charge in [-0.1, -0.05) is 32.9 Å². The van der Waals surface area contributed by atoms with Crippen LogP contribution in [-0.4, -0.2) is 28.0 Å². The number of anilines is 1. The van der Waals surface area contributed by atoms with Crippen LogP contribution in [0.3, 0.4) is 0 Å². The van der Waals surface area contributed by atoms with Crippen molar-refractivity contribution in [3.8, 4) is 6.19 Å². The van der Waals surface area contributed by atoms with Crippen LogP contribution in [-0.2, 0) is 11.4 Å². The van der Waals surface area contributed by atoms with Crippen LogP contribution in [0.4, 0.5) is 5.69 Å². The lowest BCUT2D eigenvalue weighted by Gasteiger charge is -2.29. The number of likely N-dealkylation sites (tertiary alicyclic amines) is 1. The lowest BCUT2D eigenvalue weighted by molar-refractivity contribution is -0.119. The maximum atomic E-state index is 12.5. The summed E-state index contributed by atoms with van der Waals surface area (Å²) in [5.41, 5.74) is 1.52. The van der Waals surface area contributed by atoms with Gasteiger partial charge in [-0.05, 0) is 42.4 Å². The Kier molecular flexibility index (Phi) is 5.27. The number of amides is 1. The van der Waals surface area contributed by atoms with Gasteiger partial charge in [0.2, 0.25) is 5.91 Å². The van der Waals surface area contributed by atoms with E-state index in [1.165, 1.54) is 0 Å². The highest BCUT2D eigenvalue weighted by Crippen LogP contribution is 2.33. The molecule has 2 unspecified atom stereocenters. The molecule has 124 valence electrons. The number of carbonyl (C=O) groups excluding carboxylic acids is 1. The maximum absolute atomic E-state index is 12.5. The van der Waals surface area contributed by atoms with Gasteiger partial charge in [-0.3, -0.25) is 9.69 Å². The van der Waals surface area contributed by atoms with Crippen molar-refractivity contribution in [1.82, 2.24) is 4.90 Å². The van der Waals surface area contributed by atoms with Gasteiger partial charge in [-0.2, -0.15) is 5.26 Å². The molecule has 5 nitrogen and oxygen atoms in total. The van der Waals surface area contributed by atoms with E-state index in [0.29, 0.717) is 12.1 Å². The van der Waals surface area contributed by atoms with Crippen molar-refractivity contribution in [2.24, 2.45) is 5.41 Å². The fourth-order valence-corrected chi connectivity index (χ4v) is 3.17. The van der Waals surface area contributed by atoms with E-state index in [-0.39, 0.29) is 24.0 Å². The summed E-state index contributed by atoms with van der Waals surface area (Å²) in [5.74, 6) is -0.155. The third kappa shape index (κ3) is 4.46. The van der Waals surface area contributed by atoms with Crippen LogP contribution >= 0.6 is 0 Å². The highest BCUT2D eigenvalue weighted by Gasteiger charge is 2.38. The quantitative estimate of drug-likeness (QED) is 0.838. The monoisotopic (exact) mass is 315 g/mol. The average Bonchev–Trinajstić information content (AvgIpc) is 2.88. The molecule has 2 rings (SSSR count). The molecule has 0 radical (unpaired) electrons. The first-order valence-corrected chi connectivity index (χ1v) is 8.03. The molecular weight excluding hydrogens is 290 g/mol. The molecule has 0 saturated carbocycles. The smallest absolute Gasteiger partial charge is 0.247 e. The van der Waals surface area contributed by atoms with Crippen LogP contribution in [0.2, 0.25) is 0 Å². The van der Waals surface area contributed by atoms with Crippen molar-refractivity contribution in [3.63, 3.8) is 0 Å². The third-order valence-corrected chi connectivity index (χ3v) is 4.15. The summed E-state index contributed by atoms with van der Waals surface area (Å²) in [6, 6.07) is 6.84. The van der Waals surface area contributed by atoms with E-state index in [1.807, 2.05) is 0 Å². The Morgan fingerprint density at radius 1 is 1.43 bits per heavy atom. The molecular formula is C18H25N3O2. The van der Waals surface area contributed by atoms with Crippen LogP contribution in [0.1, 0.15) is 45.6 Å². The number of benzene rings is 1. The molecule has 1 aliphatic rings. The molecule has 1 fully saturated rings. The molecule has 2 N–H and O–H groups in total. The van der Waals surface area contributed by atoms with Gasteiger partial charge in [0.1, 0.15) is 6.04 Å². The molecule has 0 aromatic heterocycles. The van der Waals surface area contributed by atoms with Gasteiger partial charge in [0.05, 0.1) is 6.61 Å². The van der Waals surface area contributed by atoms with E-state index in [2.05, 4.69) is 32.3 Å². The first-order valence-electron chi connectivity index (χ1n) is 8.03. The molecule has 1 aliphatic heterocycles. The Morgan fingerprint density at radius 2 is 2.17 bits per heavy atom. The minimum Gasteiger partial charge on any atom is -0.392 e. The molecule has 1 aromatic rings.